The summed E-state index contributed by atoms with van der Waals surface area (Å²) in [6.45, 7) is 3.10. The van der Waals surface area contributed by atoms with Crippen molar-refractivity contribution in [2.45, 2.75) is 19.4 Å². The third-order valence-corrected chi connectivity index (χ3v) is 4.95. The number of nitrogens with one attached hydrogen (secondary N) is 1. The first-order valence-electron chi connectivity index (χ1n) is 8.77. The highest BCUT2D eigenvalue weighted by atomic mass is 19.1. The number of benzene rings is 1. The normalized spacial score (nSPS) is 16.7. The predicted octanol–water partition coefficient (Wildman–Crippen LogP) is 3.26. The molecule has 0 amide bonds. The number of fused-ring (bicyclic) bond motifs is 1. The SMILES string of the molecule is C#CCN(c1c(F)cc(C)cc1F)C1CCN(c2ncnc3[nH]ccc23)C1. The third-order valence-electron chi connectivity index (χ3n) is 4.95. The van der Waals surface area contributed by atoms with E-state index in [2.05, 4.69) is 25.8 Å². The third kappa shape index (κ3) is 3.08. The van der Waals surface area contributed by atoms with E-state index in [1.54, 1.807) is 11.8 Å². The Morgan fingerprint density at radius 2 is 2.11 bits per heavy atom. The monoisotopic (exact) mass is 367 g/mol. The number of halogens is 2. The van der Waals surface area contributed by atoms with Gasteiger partial charge in [0.2, 0.25) is 0 Å². The minimum atomic E-state index is -0.587. The number of hydrogen-bond acceptors (Lipinski definition) is 4. The molecule has 3 heterocycles. The van der Waals surface area contributed by atoms with Crippen LogP contribution >= 0.6 is 0 Å². The van der Waals surface area contributed by atoms with E-state index < -0.39 is 11.6 Å². The molecule has 2 aromatic heterocycles. The summed E-state index contributed by atoms with van der Waals surface area (Å²) in [4.78, 5) is 15.4. The second-order valence-electron chi connectivity index (χ2n) is 6.73. The first kappa shape index (κ1) is 17.3. The Hall–Kier alpha value is -3.14. The number of nitrogens with zero attached hydrogens (tertiary/aromatic N) is 4. The maximum absolute atomic E-state index is 14.5. The van der Waals surface area contributed by atoms with Crippen LogP contribution in [0.15, 0.2) is 30.7 Å². The molecule has 0 spiro atoms. The highest BCUT2D eigenvalue weighted by molar-refractivity contribution is 5.87. The van der Waals surface area contributed by atoms with Crippen molar-refractivity contribution in [2.24, 2.45) is 0 Å². The van der Waals surface area contributed by atoms with Gasteiger partial charge in [-0.15, -0.1) is 6.42 Å². The van der Waals surface area contributed by atoms with E-state index in [9.17, 15) is 8.78 Å². The Morgan fingerprint density at radius 3 is 2.85 bits per heavy atom. The average Bonchev–Trinajstić information content (AvgIpc) is 3.29. The van der Waals surface area contributed by atoms with Gasteiger partial charge in [-0.2, -0.15) is 0 Å². The van der Waals surface area contributed by atoms with Crippen molar-refractivity contribution in [3.8, 4) is 12.3 Å². The maximum Gasteiger partial charge on any atom is 0.149 e. The van der Waals surface area contributed by atoms with Gasteiger partial charge in [-0.1, -0.05) is 5.92 Å². The van der Waals surface area contributed by atoms with Gasteiger partial charge in [0.15, 0.2) is 0 Å². The Balaban J connectivity index is 1.65. The molecular weight excluding hydrogens is 348 g/mol. The van der Waals surface area contributed by atoms with E-state index in [0.717, 1.165) is 29.8 Å². The highest BCUT2D eigenvalue weighted by Gasteiger charge is 2.32. The van der Waals surface area contributed by atoms with Crippen LogP contribution in [0.1, 0.15) is 12.0 Å². The molecule has 1 N–H and O–H groups in total. The largest absolute Gasteiger partial charge is 0.354 e. The molecule has 0 bridgehead atoms. The molecule has 27 heavy (non-hydrogen) atoms. The molecule has 138 valence electrons. The zero-order valence-electron chi connectivity index (χ0n) is 14.9. The topological polar surface area (TPSA) is 48.1 Å². The summed E-state index contributed by atoms with van der Waals surface area (Å²) in [6.07, 6.45) is 9.55. The zero-order chi connectivity index (χ0) is 19.0. The Morgan fingerprint density at radius 1 is 1.33 bits per heavy atom. The summed E-state index contributed by atoms with van der Waals surface area (Å²) in [5, 5.41) is 0.925. The van der Waals surface area contributed by atoms with E-state index in [4.69, 9.17) is 6.42 Å². The molecule has 0 saturated carbocycles. The van der Waals surface area contributed by atoms with Crippen LogP contribution in [0, 0.1) is 30.9 Å². The lowest BCUT2D eigenvalue weighted by molar-refractivity contribution is 0.554. The second-order valence-corrected chi connectivity index (χ2v) is 6.73. The number of terminal acetylenes is 1. The minimum absolute atomic E-state index is 0.0557. The number of aromatic amines is 1. The van der Waals surface area contributed by atoms with Gasteiger partial charge in [-0.25, -0.2) is 18.7 Å². The molecule has 0 aliphatic carbocycles. The van der Waals surface area contributed by atoms with Crippen molar-refractivity contribution >= 4 is 22.5 Å². The zero-order valence-corrected chi connectivity index (χ0v) is 14.9. The predicted molar refractivity (Wildman–Crippen MR) is 102 cm³/mol. The van der Waals surface area contributed by atoms with E-state index in [0.29, 0.717) is 12.1 Å². The fraction of sp³-hybridized carbons (Fsp3) is 0.300. The van der Waals surface area contributed by atoms with Crippen molar-refractivity contribution in [1.29, 1.82) is 0 Å². The van der Waals surface area contributed by atoms with Crippen molar-refractivity contribution in [2.75, 3.05) is 29.4 Å². The summed E-state index contributed by atoms with van der Waals surface area (Å²) in [7, 11) is 0. The molecule has 5 nitrogen and oxygen atoms in total. The van der Waals surface area contributed by atoms with Gasteiger partial charge in [0, 0.05) is 25.3 Å². The van der Waals surface area contributed by atoms with Crippen molar-refractivity contribution < 1.29 is 8.78 Å². The van der Waals surface area contributed by atoms with Gasteiger partial charge in [-0.3, -0.25) is 0 Å². The van der Waals surface area contributed by atoms with Crippen LogP contribution in [0.3, 0.4) is 0 Å². The summed E-state index contributed by atoms with van der Waals surface area (Å²) in [5.74, 6) is 2.18. The van der Waals surface area contributed by atoms with Gasteiger partial charge >= 0.3 is 0 Å². The van der Waals surface area contributed by atoms with Crippen molar-refractivity contribution in [1.82, 2.24) is 15.0 Å². The molecule has 1 aliphatic heterocycles. The standard InChI is InChI=1S/C20H19F2N5/c1-3-7-27(18-16(21)9-13(2)10-17(18)22)14-5-8-26(11-14)20-15-4-6-23-19(15)24-12-25-20/h1,4,6,9-10,12,14H,5,7-8,11H2,2H3,(H,23,24,25). The lowest BCUT2D eigenvalue weighted by Crippen LogP contribution is -2.39. The molecule has 1 unspecified atom stereocenters. The summed E-state index contributed by atoms with van der Waals surface area (Å²) in [6, 6.07) is 4.48. The molecule has 1 fully saturated rings. The van der Waals surface area contributed by atoms with Gasteiger partial charge in [-0.05, 0) is 37.1 Å². The number of aromatic nitrogens is 3. The number of aryl methyl sites for hydroxylation is 1. The molecule has 1 atom stereocenters. The van der Waals surface area contributed by atoms with Crippen LogP contribution in [0.4, 0.5) is 20.3 Å². The van der Waals surface area contributed by atoms with Crippen LogP contribution in [0.25, 0.3) is 11.0 Å². The lowest BCUT2D eigenvalue weighted by Gasteiger charge is -2.30. The van der Waals surface area contributed by atoms with Crippen LogP contribution in [-0.2, 0) is 0 Å². The van der Waals surface area contributed by atoms with Gasteiger partial charge < -0.3 is 14.8 Å². The van der Waals surface area contributed by atoms with Crippen LogP contribution in [-0.4, -0.2) is 40.6 Å². The molecular formula is C20H19F2N5. The number of anilines is 2. The van der Waals surface area contributed by atoms with Gasteiger partial charge in [0.05, 0.1) is 11.9 Å². The van der Waals surface area contributed by atoms with Crippen LogP contribution in [0.5, 0.6) is 0 Å². The van der Waals surface area contributed by atoms with E-state index in [1.807, 2.05) is 12.3 Å². The fourth-order valence-electron chi connectivity index (χ4n) is 3.75. The molecule has 1 aliphatic rings. The number of rotatable bonds is 4. The smallest absolute Gasteiger partial charge is 0.149 e. The maximum atomic E-state index is 14.5. The summed E-state index contributed by atoms with van der Waals surface area (Å²) in [5.41, 5.74) is 1.25. The quantitative estimate of drug-likeness (QED) is 0.719. The molecule has 1 aromatic carbocycles. The van der Waals surface area contributed by atoms with Crippen molar-refractivity contribution in [3.05, 3.63) is 47.9 Å². The number of hydrogen-bond donors (Lipinski definition) is 1. The van der Waals surface area contributed by atoms with Gasteiger partial charge in [0.1, 0.15) is 35.1 Å². The lowest BCUT2D eigenvalue weighted by atomic mass is 10.1. The van der Waals surface area contributed by atoms with Crippen LogP contribution < -0.4 is 9.80 Å². The number of H-pyrrole nitrogens is 1. The summed E-state index contributed by atoms with van der Waals surface area (Å²) < 4.78 is 29.1. The molecule has 1 saturated heterocycles. The molecule has 3 aromatic rings. The second kappa shape index (κ2) is 6.88. The van der Waals surface area contributed by atoms with E-state index >= 15 is 0 Å². The summed E-state index contributed by atoms with van der Waals surface area (Å²) >= 11 is 0. The Bertz CT molecular complexity index is 1000. The minimum Gasteiger partial charge on any atom is -0.354 e. The molecule has 7 heteroatoms. The first-order valence-corrected chi connectivity index (χ1v) is 8.77. The van der Waals surface area contributed by atoms with Crippen molar-refractivity contribution in [3.63, 3.8) is 0 Å². The average molecular weight is 367 g/mol. The first-order chi connectivity index (χ1) is 13.1. The van der Waals surface area contributed by atoms with Crippen LogP contribution in [0.2, 0.25) is 0 Å². The Labute approximate surface area is 156 Å². The van der Waals surface area contributed by atoms with E-state index in [-0.39, 0.29) is 18.3 Å². The van der Waals surface area contributed by atoms with Gasteiger partial charge in [0.25, 0.3) is 0 Å². The fourth-order valence-corrected chi connectivity index (χ4v) is 3.75. The highest BCUT2D eigenvalue weighted by Crippen LogP contribution is 2.32. The molecule has 0 radical (unpaired) electrons. The Kier molecular flexibility index (Phi) is 4.40. The molecule has 4 rings (SSSR count). The van der Waals surface area contributed by atoms with E-state index in [1.165, 1.54) is 18.5 Å².